The van der Waals surface area contributed by atoms with Gasteiger partial charge in [-0.3, -0.25) is 15.3 Å². The van der Waals surface area contributed by atoms with E-state index >= 15 is 0 Å². The minimum Gasteiger partial charge on any atom is -0.480 e. The van der Waals surface area contributed by atoms with Gasteiger partial charge in [0.1, 0.15) is 6.04 Å². The Morgan fingerprint density at radius 3 is 2.36 bits per heavy atom. The number of carboxylic acid groups (broad SMARTS) is 1. The van der Waals surface area contributed by atoms with Crippen LogP contribution in [0.2, 0.25) is 0 Å². The second-order valence-corrected chi connectivity index (χ2v) is 5.44. The van der Waals surface area contributed by atoms with Gasteiger partial charge in [0.2, 0.25) is 0 Å². The van der Waals surface area contributed by atoms with E-state index in [1.54, 1.807) is 0 Å². The van der Waals surface area contributed by atoms with Crippen molar-refractivity contribution in [2.75, 3.05) is 25.2 Å². The van der Waals surface area contributed by atoms with Crippen molar-refractivity contribution in [3.05, 3.63) is 0 Å². The number of rotatable bonds is 13. The third-order valence-electron chi connectivity index (χ3n) is 2.68. The number of amides is 1. The molecule has 0 aromatic rings. The average Bonchev–Trinajstić information content (AvgIpc) is 2.45. The summed E-state index contributed by atoms with van der Waals surface area (Å²) in [5, 5.41) is 27.5. The van der Waals surface area contributed by atoms with Crippen molar-refractivity contribution >= 4 is 23.8 Å². The zero-order valence-corrected chi connectivity index (χ0v) is 13.4. The van der Waals surface area contributed by atoms with Crippen molar-refractivity contribution in [2.24, 2.45) is 0 Å². The van der Waals surface area contributed by atoms with Crippen molar-refractivity contribution < 1.29 is 34.7 Å². The fourth-order valence-corrected chi connectivity index (χ4v) is 2.02. The van der Waals surface area contributed by atoms with E-state index in [2.05, 4.69) is 10.2 Å². The van der Waals surface area contributed by atoms with Gasteiger partial charge in [-0.1, -0.05) is 6.42 Å². The zero-order chi connectivity index (χ0) is 16.8. The van der Waals surface area contributed by atoms with Crippen LogP contribution in [0.5, 0.6) is 0 Å². The minimum atomic E-state index is -1.08. The highest BCUT2D eigenvalue weighted by Crippen LogP contribution is 2.03. The second-order valence-electron chi connectivity index (χ2n) is 4.45. The van der Waals surface area contributed by atoms with E-state index in [1.165, 1.54) is 11.8 Å². The monoisotopic (exact) mass is 340 g/mol. The number of nitrogens with one attached hydrogen (secondary N) is 1. The largest absolute Gasteiger partial charge is 0.480 e. The SMILES string of the molecule is CSCCC(NC(=O)OCCCCCCON(O)O)C(=O)O. The number of alkyl carbamates (subject to hydrolysis) is 1. The molecule has 1 atom stereocenters. The van der Waals surface area contributed by atoms with Gasteiger partial charge < -0.3 is 15.2 Å². The van der Waals surface area contributed by atoms with Crippen LogP contribution in [0.1, 0.15) is 32.1 Å². The fourth-order valence-electron chi connectivity index (χ4n) is 1.55. The number of unbranched alkanes of at least 4 members (excludes halogenated alkanes) is 3. The molecule has 0 saturated carbocycles. The molecule has 0 aliphatic rings. The van der Waals surface area contributed by atoms with Crippen molar-refractivity contribution in [3.63, 3.8) is 0 Å². The molecular weight excluding hydrogens is 316 g/mol. The van der Waals surface area contributed by atoms with E-state index in [1.807, 2.05) is 6.26 Å². The summed E-state index contributed by atoms with van der Waals surface area (Å²) in [5.74, 6) is -0.439. The first-order valence-electron chi connectivity index (χ1n) is 6.93. The summed E-state index contributed by atoms with van der Waals surface area (Å²) in [4.78, 5) is 26.8. The van der Waals surface area contributed by atoms with Gasteiger partial charge in [0.15, 0.2) is 0 Å². The Balaban J connectivity index is 3.61. The van der Waals surface area contributed by atoms with Gasteiger partial charge in [-0.15, -0.1) is 0 Å². The van der Waals surface area contributed by atoms with Gasteiger partial charge >= 0.3 is 12.1 Å². The second kappa shape index (κ2) is 13.6. The molecule has 0 radical (unpaired) electrons. The molecule has 22 heavy (non-hydrogen) atoms. The number of carbonyl (C=O) groups excluding carboxylic acids is 1. The molecule has 1 amide bonds. The lowest BCUT2D eigenvalue weighted by Gasteiger charge is -2.13. The van der Waals surface area contributed by atoms with Crippen LogP contribution in [-0.4, -0.2) is 64.2 Å². The number of nitrogens with zero attached hydrogens (tertiary/aromatic N) is 1. The molecule has 10 heteroatoms. The first-order chi connectivity index (χ1) is 10.5. The van der Waals surface area contributed by atoms with Crippen LogP contribution in [0.4, 0.5) is 4.79 Å². The molecule has 0 aromatic heterocycles. The normalized spacial score (nSPS) is 12.2. The third kappa shape index (κ3) is 12.7. The van der Waals surface area contributed by atoms with Crippen molar-refractivity contribution in [2.45, 2.75) is 38.1 Å². The highest BCUT2D eigenvalue weighted by molar-refractivity contribution is 7.98. The summed E-state index contributed by atoms with van der Waals surface area (Å²) in [6, 6.07) is -0.933. The Labute approximate surface area is 133 Å². The van der Waals surface area contributed by atoms with E-state index in [-0.39, 0.29) is 18.6 Å². The molecule has 9 nitrogen and oxygen atoms in total. The van der Waals surface area contributed by atoms with Crippen LogP contribution < -0.4 is 5.32 Å². The molecule has 1 unspecified atom stereocenters. The van der Waals surface area contributed by atoms with Crippen LogP contribution in [0.15, 0.2) is 0 Å². The highest BCUT2D eigenvalue weighted by atomic mass is 32.2. The Bertz CT molecular complexity index is 318. The standard InChI is InChI=1S/C12H24N2O7S/c1-22-9-6-10(11(15)16)13-12(17)20-7-4-2-3-5-8-21-14(18)19/h10,18-19H,2-9H2,1H3,(H,13,17)(H,15,16). The van der Waals surface area contributed by atoms with Crippen LogP contribution in [0.25, 0.3) is 0 Å². The maximum Gasteiger partial charge on any atom is 0.407 e. The molecule has 0 fully saturated rings. The Morgan fingerprint density at radius 1 is 1.18 bits per heavy atom. The number of aliphatic carboxylic acids is 1. The summed E-state index contributed by atoms with van der Waals surface area (Å²) in [6.45, 7) is 0.387. The number of ether oxygens (including phenoxy) is 1. The van der Waals surface area contributed by atoms with Crippen molar-refractivity contribution in [3.8, 4) is 0 Å². The summed E-state index contributed by atoms with van der Waals surface area (Å²) in [6.07, 6.45) is 4.32. The minimum absolute atomic E-state index is 0.185. The lowest BCUT2D eigenvalue weighted by Crippen LogP contribution is -2.41. The van der Waals surface area contributed by atoms with E-state index in [9.17, 15) is 9.59 Å². The maximum atomic E-state index is 11.4. The topological polar surface area (TPSA) is 129 Å². The molecule has 0 aliphatic heterocycles. The van der Waals surface area contributed by atoms with Crippen LogP contribution >= 0.6 is 11.8 Å². The molecule has 0 bridgehead atoms. The van der Waals surface area contributed by atoms with Crippen LogP contribution in [-0.2, 0) is 14.4 Å². The smallest absolute Gasteiger partial charge is 0.407 e. The van der Waals surface area contributed by atoms with E-state index in [0.717, 1.165) is 12.8 Å². The van der Waals surface area contributed by atoms with Gasteiger partial charge in [-0.25, -0.2) is 9.59 Å². The first-order valence-corrected chi connectivity index (χ1v) is 8.32. The summed E-state index contributed by atoms with van der Waals surface area (Å²) < 4.78 is 4.91. The maximum absolute atomic E-state index is 11.4. The molecule has 0 heterocycles. The Morgan fingerprint density at radius 2 is 1.82 bits per heavy atom. The zero-order valence-electron chi connectivity index (χ0n) is 12.6. The summed E-state index contributed by atoms with van der Waals surface area (Å²) in [5.41, 5.74) is 0. The Hall–Kier alpha value is -1.07. The number of carboxylic acids is 1. The summed E-state index contributed by atoms with van der Waals surface area (Å²) >= 11 is 1.51. The lowest BCUT2D eigenvalue weighted by atomic mass is 10.2. The molecular formula is C12H24N2O7S. The molecule has 0 spiro atoms. The highest BCUT2D eigenvalue weighted by Gasteiger charge is 2.19. The molecule has 130 valence electrons. The molecule has 0 rings (SSSR count). The number of hydrogen-bond donors (Lipinski definition) is 4. The van der Waals surface area contributed by atoms with Gasteiger partial charge in [0.05, 0.1) is 18.6 Å². The van der Waals surface area contributed by atoms with Gasteiger partial charge in [-0.05, 0) is 37.7 Å². The average molecular weight is 340 g/mol. The predicted molar refractivity (Wildman–Crippen MR) is 78.7 cm³/mol. The lowest BCUT2D eigenvalue weighted by molar-refractivity contribution is -0.492. The predicted octanol–water partition coefficient (Wildman–Crippen LogP) is 1.49. The fraction of sp³-hybridized carbons (Fsp3) is 0.833. The molecule has 0 aromatic carbocycles. The van der Waals surface area contributed by atoms with Gasteiger partial charge in [-0.2, -0.15) is 11.8 Å². The van der Waals surface area contributed by atoms with Crippen molar-refractivity contribution in [1.82, 2.24) is 10.7 Å². The van der Waals surface area contributed by atoms with E-state index < -0.39 is 18.1 Å². The Kier molecular flexibility index (Phi) is 12.9. The number of thioether (sulfide) groups is 1. The van der Waals surface area contributed by atoms with Crippen molar-refractivity contribution in [1.29, 1.82) is 0 Å². The van der Waals surface area contributed by atoms with Gasteiger partial charge in [0, 0.05) is 0 Å². The van der Waals surface area contributed by atoms with E-state index in [4.69, 9.17) is 20.3 Å². The number of carbonyl (C=O) groups is 2. The molecule has 0 saturated heterocycles. The molecule has 0 aliphatic carbocycles. The third-order valence-corrected chi connectivity index (χ3v) is 3.32. The first kappa shape index (κ1) is 20.9. The number of hydrogen-bond acceptors (Lipinski definition) is 8. The quantitative estimate of drug-likeness (QED) is 0.291. The van der Waals surface area contributed by atoms with Gasteiger partial charge in [0.25, 0.3) is 0 Å². The van der Waals surface area contributed by atoms with E-state index in [0.29, 0.717) is 25.0 Å². The summed E-state index contributed by atoms with van der Waals surface area (Å²) in [7, 11) is 0. The molecule has 4 N–H and O–H groups in total. The van der Waals surface area contributed by atoms with Crippen LogP contribution in [0, 0.1) is 0 Å². The van der Waals surface area contributed by atoms with Crippen LogP contribution in [0.3, 0.4) is 0 Å².